The number of hydrogen-bond acceptors (Lipinski definition) is 4. The van der Waals surface area contributed by atoms with Gasteiger partial charge in [0.25, 0.3) is 0 Å². The van der Waals surface area contributed by atoms with Crippen LogP contribution in [0.3, 0.4) is 0 Å². The summed E-state index contributed by atoms with van der Waals surface area (Å²) in [7, 11) is 1.61. The maximum Gasteiger partial charge on any atom is 0.152 e. The molecule has 0 radical (unpaired) electrons. The average Bonchev–Trinajstić information content (AvgIpc) is 2.97. The van der Waals surface area contributed by atoms with E-state index in [0.29, 0.717) is 15.7 Å². The molecule has 7 heteroatoms. The Hall–Kier alpha value is -2.18. The quantitative estimate of drug-likeness (QED) is 0.575. The Morgan fingerprint density at radius 3 is 2.46 bits per heavy atom. The number of rotatable bonds is 3. The zero-order valence-corrected chi connectivity index (χ0v) is 15.2. The SMILES string of the molecule is COc1ccc(-c2c(-c3cc(Br)c(O)c(Cl)c3O)n[nH]c2C)cc1. The lowest BCUT2D eigenvalue weighted by atomic mass is 9.98. The number of nitrogens with zero attached hydrogens (tertiary/aromatic N) is 1. The van der Waals surface area contributed by atoms with Crippen molar-refractivity contribution < 1.29 is 14.9 Å². The number of nitrogens with one attached hydrogen (secondary N) is 1. The number of phenols is 2. The second kappa shape index (κ2) is 6.37. The van der Waals surface area contributed by atoms with Crippen LogP contribution in [0, 0.1) is 6.92 Å². The largest absolute Gasteiger partial charge is 0.506 e. The fourth-order valence-corrected chi connectivity index (χ4v) is 3.26. The van der Waals surface area contributed by atoms with E-state index in [1.165, 1.54) is 0 Å². The van der Waals surface area contributed by atoms with Gasteiger partial charge in [-0.25, -0.2) is 0 Å². The third-order valence-electron chi connectivity index (χ3n) is 3.75. The maximum atomic E-state index is 10.3. The molecular weight excluding hydrogens is 396 g/mol. The molecule has 3 rings (SSSR count). The number of aryl methyl sites for hydroxylation is 1. The Balaban J connectivity index is 2.21. The van der Waals surface area contributed by atoms with E-state index < -0.39 is 0 Å². The highest BCUT2D eigenvalue weighted by molar-refractivity contribution is 9.10. The van der Waals surface area contributed by atoms with E-state index in [-0.39, 0.29) is 16.5 Å². The predicted octanol–water partition coefficient (Wildman–Crippen LogP) is 4.89. The number of phenolic OH excluding ortho intramolecular Hbond substituents is 2. The van der Waals surface area contributed by atoms with E-state index in [1.54, 1.807) is 13.2 Å². The zero-order chi connectivity index (χ0) is 17.4. The molecule has 1 heterocycles. The van der Waals surface area contributed by atoms with Crippen molar-refractivity contribution in [2.45, 2.75) is 6.92 Å². The first-order valence-corrected chi connectivity index (χ1v) is 8.20. The Morgan fingerprint density at radius 2 is 1.83 bits per heavy atom. The highest BCUT2D eigenvalue weighted by Crippen LogP contribution is 2.47. The van der Waals surface area contributed by atoms with Gasteiger partial charge in [-0.15, -0.1) is 0 Å². The number of aromatic nitrogens is 2. The molecule has 0 saturated heterocycles. The number of benzene rings is 2. The molecule has 0 atom stereocenters. The second-order valence-electron chi connectivity index (χ2n) is 5.22. The molecule has 124 valence electrons. The first-order valence-electron chi connectivity index (χ1n) is 7.03. The zero-order valence-electron chi connectivity index (χ0n) is 12.9. The van der Waals surface area contributed by atoms with Crippen molar-refractivity contribution in [3.05, 3.63) is 45.5 Å². The van der Waals surface area contributed by atoms with Crippen LogP contribution in [-0.2, 0) is 0 Å². The first-order chi connectivity index (χ1) is 11.4. The van der Waals surface area contributed by atoms with Crippen LogP contribution in [-0.4, -0.2) is 27.5 Å². The lowest BCUT2D eigenvalue weighted by molar-refractivity contribution is 0.415. The number of aromatic amines is 1. The van der Waals surface area contributed by atoms with Gasteiger partial charge in [-0.3, -0.25) is 5.10 Å². The van der Waals surface area contributed by atoms with Crippen molar-refractivity contribution in [3.63, 3.8) is 0 Å². The monoisotopic (exact) mass is 408 g/mol. The molecule has 0 spiro atoms. The van der Waals surface area contributed by atoms with Gasteiger partial charge in [0.15, 0.2) is 5.75 Å². The average molecular weight is 410 g/mol. The van der Waals surface area contributed by atoms with Crippen LogP contribution in [0.25, 0.3) is 22.4 Å². The minimum Gasteiger partial charge on any atom is -0.506 e. The fraction of sp³-hybridized carbons (Fsp3) is 0.118. The molecule has 5 nitrogen and oxygen atoms in total. The molecule has 0 unspecified atom stereocenters. The summed E-state index contributed by atoms with van der Waals surface area (Å²) >= 11 is 9.23. The molecule has 1 aromatic heterocycles. The van der Waals surface area contributed by atoms with Crippen LogP contribution >= 0.6 is 27.5 Å². The van der Waals surface area contributed by atoms with Crippen LogP contribution in [0.2, 0.25) is 5.02 Å². The predicted molar refractivity (Wildman–Crippen MR) is 96.8 cm³/mol. The smallest absolute Gasteiger partial charge is 0.152 e. The van der Waals surface area contributed by atoms with E-state index in [4.69, 9.17) is 16.3 Å². The standard InChI is InChI=1S/C17H14BrClN2O3/c1-8-13(9-3-5-10(24-2)6-4-9)15(21-20-8)11-7-12(18)17(23)14(19)16(11)22/h3-7,22-23H,1-2H3,(H,20,21). The summed E-state index contributed by atoms with van der Waals surface area (Å²) in [6, 6.07) is 9.11. The minimum absolute atomic E-state index is 0.124. The Morgan fingerprint density at radius 1 is 1.17 bits per heavy atom. The lowest BCUT2D eigenvalue weighted by Gasteiger charge is -2.10. The molecule has 2 aromatic carbocycles. The van der Waals surface area contributed by atoms with Gasteiger partial charge in [-0.1, -0.05) is 23.7 Å². The van der Waals surface area contributed by atoms with Crippen LogP contribution in [0.15, 0.2) is 34.8 Å². The van der Waals surface area contributed by atoms with E-state index >= 15 is 0 Å². The molecular formula is C17H14BrClN2O3. The van der Waals surface area contributed by atoms with Gasteiger partial charge < -0.3 is 14.9 Å². The molecule has 3 N–H and O–H groups in total. The van der Waals surface area contributed by atoms with Gasteiger partial charge >= 0.3 is 0 Å². The summed E-state index contributed by atoms with van der Waals surface area (Å²) in [4.78, 5) is 0. The van der Waals surface area contributed by atoms with Crippen molar-refractivity contribution in [1.29, 1.82) is 0 Å². The highest BCUT2D eigenvalue weighted by Gasteiger charge is 2.22. The van der Waals surface area contributed by atoms with E-state index in [0.717, 1.165) is 22.6 Å². The van der Waals surface area contributed by atoms with Crippen molar-refractivity contribution in [1.82, 2.24) is 10.2 Å². The number of methoxy groups -OCH3 is 1. The summed E-state index contributed by atoms with van der Waals surface area (Å²) in [6.07, 6.45) is 0. The summed E-state index contributed by atoms with van der Waals surface area (Å²) in [6.45, 7) is 1.89. The number of hydrogen-bond donors (Lipinski definition) is 3. The normalized spacial score (nSPS) is 10.8. The molecule has 0 bridgehead atoms. The molecule has 0 aliphatic carbocycles. The third kappa shape index (κ3) is 2.72. The number of aromatic hydroxyl groups is 2. The number of H-pyrrole nitrogens is 1. The fourth-order valence-electron chi connectivity index (χ4n) is 2.51. The summed E-state index contributed by atoms with van der Waals surface area (Å²) in [5, 5.41) is 27.3. The van der Waals surface area contributed by atoms with Crippen molar-refractivity contribution in [2.75, 3.05) is 7.11 Å². The Labute approximate surface area is 152 Å². The topological polar surface area (TPSA) is 78.4 Å². The van der Waals surface area contributed by atoms with Crippen LogP contribution in [0.4, 0.5) is 0 Å². The van der Waals surface area contributed by atoms with Crippen LogP contribution in [0.5, 0.6) is 17.2 Å². The van der Waals surface area contributed by atoms with Gasteiger partial charge in [0.2, 0.25) is 0 Å². The molecule has 0 aliphatic heterocycles. The summed E-state index contributed by atoms with van der Waals surface area (Å²) in [5.41, 5.74) is 3.55. The molecule has 24 heavy (non-hydrogen) atoms. The van der Waals surface area contributed by atoms with E-state index in [9.17, 15) is 10.2 Å². The highest BCUT2D eigenvalue weighted by atomic mass is 79.9. The molecule has 3 aromatic rings. The van der Waals surface area contributed by atoms with E-state index in [1.807, 2.05) is 31.2 Å². The Bertz CT molecular complexity index is 907. The van der Waals surface area contributed by atoms with Gasteiger partial charge in [0.1, 0.15) is 22.2 Å². The van der Waals surface area contributed by atoms with Crippen LogP contribution < -0.4 is 4.74 Å². The molecule has 0 saturated carbocycles. The first kappa shape index (κ1) is 16.7. The molecule has 0 aliphatic rings. The molecule has 0 amide bonds. The Kier molecular flexibility index (Phi) is 4.43. The van der Waals surface area contributed by atoms with Gasteiger partial charge in [-0.05, 0) is 46.6 Å². The van der Waals surface area contributed by atoms with E-state index in [2.05, 4.69) is 26.1 Å². The number of halogens is 2. The number of ether oxygens (including phenoxy) is 1. The second-order valence-corrected chi connectivity index (χ2v) is 6.45. The summed E-state index contributed by atoms with van der Waals surface area (Å²) in [5.74, 6) is 0.314. The van der Waals surface area contributed by atoms with Crippen molar-refractivity contribution >= 4 is 27.5 Å². The lowest BCUT2D eigenvalue weighted by Crippen LogP contribution is -1.88. The van der Waals surface area contributed by atoms with Gasteiger partial charge in [0, 0.05) is 16.8 Å². The molecule has 0 fully saturated rings. The van der Waals surface area contributed by atoms with Crippen molar-refractivity contribution in [3.8, 4) is 39.6 Å². The van der Waals surface area contributed by atoms with Gasteiger partial charge in [0.05, 0.1) is 11.6 Å². The van der Waals surface area contributed by atoms with Crippen LogP contribution in [0.1, 0.15) is 5.69 Å². The third-order valence-corrected chi connectivity index (χ3v) is 4.71. The van der Waals surface area contributed by atoms with Gasteiger partial charge in [-0.2, -0.15) is 5.10 Å². The summed E-state index contributed by atoms with van der Waals surface area (Å²) < 4.78 is 5.56. The maximum absolute atomic E-state index is 10.3. The van der Waals surface area contributed by atoms with Crippen molar-refractivity contribution in [2.24, 2.45) is 0 Å². The minimum atomic E-state index is -0.223.